The maximum Gasteiger partial charge on any atom is 0.123 e. The van der Waals surface area contributed by atoms with Crippen molar-refractivity contribution in [3.8, 4) is 5.75 Å². The molecule has 1 aliphatic heterocycles. The van der Waals surface area contributed by atoms with Gasteiger partial charge in [0.05, 0.1) is 6.61 Å². The predicted octanol–water partition coefficient (Wildman–Crippen LogP) is 3.01. The Bertz CT molecular complexity index is 484. The topological polar surface area (TPSA) is 38.5 Å². The van der Waals surface area contributed by atoms with Gasteiger partial charge in [-0.2, -0.15) is 0 Å². The van der Waals surface area contributed by atoms with Crippen LogP contribution in [0.25, 0.3) is 0 Å². The summed E-state index contributed by atoms with van der Waals surface area (Å²) in [6.45, 7) is 6.98. The third-order valence-electron chi connectivity index (χ3n) is 4.68. The number of aryl methyl sites for hydroxylation is 2. The minimum atomic E-state index is 0.0830. The summed E-state index contributed by atoms with van der Waals surface area (Å²) in [6.07, 6.45) is 4.54. The summed E-state index contributed by atoms with van der Waals surface area (Å²) in [5, 5.41) is 0. The van der Waals surface area contributed by atoms with Crippen molar-refractivity contribution in [3.63, 3.8) is 0 Å². The van der Waals surface area contributed by atoms with Crippen LogP contribution < -0.4 is 10.5 Å². The van der Waals surface area contributed by atoms with Crippen LogP contribution in [0.2, 0.25) is 0 Å². The zero-order valence-corrected chi connectivity index (χ0v) is 14.0. The van der Waals surface area contributed by atoms with Gasteiger partial charge in [0.15, 0.2) is 0 Å². The van der Waals surface area contributed by atoms with Gasteiger partial charge in [0.2, 0.25) is 0 Å². The van der Waals surface area contributed by atoms with Crippen LogP contribution in [0.5, 0.6) is 5.75 Å². The molecule has 0 saturated heterocycles. The zero-order chi connectivity index (χ0) is 15.5. The molecule has 0 bridgehead atoms. The first kappa shape index (κ1) is 16.3. The van der Waals surface area contributed by atoms with Crippen LogP contribution in [0.1, 0.15) is 42.4 Å². The fraction of sp³-hybridized carbons (Fsp3) is 0.667. The van der Waals surface area contributed by atoms with Gasteiger partial charge in [0.1, 0.15) is 5.75 Å². The molecule has 1 heterocycles. The van der Waals surface area contributed by atoms with E-state index < -0.39 is 0 Å². The third-order valence-corrected chi connectivity index (χ3v) is 4.68. The van der Waals surface area contributed by atoms with Crippen molar-refractivity contribution in [1.82, 2.24) is 4.90 Å². The highest BCUT2D eigenvalue weighted by atomic mass is 16.5. The second-order valence-electron chi connectivity index (χ2n) is 6.80. The number of benzene rings is 1. The Morgan fingerprint density at radius 3 is 2.71 bits per heavy atom. The van der Waals surface area contributed by atoms with Gasteiger partial charge in [-0.25, -0.2) is 0 Å². The number of hydrogen-bond acceptors (Lipinski definition) is 3. The molecular formula is C18H30N2O. The largest absolute Gasteiger partial charge is 0.493 e. The van der Waals surface area contributed by atoms with E-state index in [2.05, 4.69) is 45.0 Å². The lowest BCUT2D eigenvalue weighted by Crippen LogP contribution is -2.36. The Morgan fingerprint density at radius 2 is 2.05 bits per heavy atom. The number of hydrogen-bond donors (Lipinski definition) is 1. The summed E-state index contributed by atoms with van der Waals surface area (Å²) < 4.78 is 6.03. The molecule has 3 nitrogen and oxygen atoms in total. The summed E-state index contributed by atoms with van der Waals surface area (Å²) in [5.41, 5.74) is 10.3. The smallest absolute Gasteiger partial charge is 0.123 e. The Kier molecular flexibility index (Phi) is 5.28. The molecule has 2 N–H and O–H groups in total. The highest BCUT2D eigenvalue weighted by Crippen LogP contribution is 2.43. The van der Waals surface area contributed by atoms with Gasteiger partial charge in [-0.1, -0.05) is 6.07 Å². The molecule has 0 spiro atoms. The van der Waals surface area contributed by atoms with Crippen LogP contribution in [0.3, 0.4) is 0 Å². The quantitative estimate of drug-likeness (QED) is 0.906. The second kappa shape index (κ2) is 6.80. The standard InChI is InChI=1S/C18H30N2O/c1-14-11-15(2)17-16(12-14)21-10-6-8-18(17,13-19)7-5-9-20(3)4/h11-12H,5-10,13,19H2,1-4H3. The van der Waals surface area contributed by atoms with E-state index in [1.807, 2.05) is 0 Å². The van der Waals surface area contributed by atoms with Crippen LogP contribution in [0, 0.1) is 13.8 Å². The maximum absolute atomic E-state index is 6.28. The number of nitrogens with zero attached hydrogens (tertiary/aromatic N) is 1. The maximum atomic E-state index is 6.28. The average Bonchev–Trinajstić information content (AvgIpc) is 2.58. The van der Waals surface area contributed by atoms with Crippen molar-refractivity contribution >= 4 is 0 Å². The zero-order valence-electron chi connectivity index (χ0n) is 14.0. The fourth-order valence-electron chi connectivity index (χ4n) is 3.73. The first-order valence-electron chi connectivity index (χ1n) is 8.08. The first-order chi connectivity index (χ1) is 9.98. The Labute approximate surface area is 129 Å². The van der Waals surface area contributed by atoms with Gasteiger partial charge in [-0.3, -0.25) is 0 Å². The van der Waals surface area contributed by atoms with E-state index in [4.69, 9.17) is 10.5 Å². The van der Waals surface area contributed by atoms with Crippen molar-refractivity contribution in [2.45, 2.75) is 44.9 Å². The molecule has 1 unspecified atom stereocenters. The van der Waals surface area contributed by atoms with E-state index in [-0.39, 0.29) is 5.41 Å². The molecule has 2 rings (SSSR count). The molecule has 0 amide bonds. The molecule has 0 aliphatic carbocycles. The molecule has 0 fully saturated rings. The van der Waals surface area contributed by atoms with E-state index in [1.165, 1.54) is 23.1 Å². The van der Waals surface area contributed by atoms with Crippen molar-refractivity contribution in [2.75, 3.05) is 33.8 Å². The SMILES string of the molecule is Cc1cc(C)c2c(c1)OCCCC2(CN)CCCN(C)C. The molecule has 1 atom stereocenters. The average molecular weight is 290 g/mol. The minimum absolute atomic E-state index is 0.0830. The van der Waals surface area contributed by atoms with Crippen LogP contribution in [-0.4, -0.2) is 38.7 Å². The molecule has 1 aromatic carbocycles. The van der Waals surface area contributed by atoms with Crippen LogP contribution in [-0.2, 0) is 5.41 Å². The van der Waals surface area contributed by atoms with E-state index in [1.54, 1.807) is 0 Å². The lowest BCUT2D eigenvalue weighted by atomic mass is 9.71. The Morgan fingerprint density at radius 1 is 1.29 bits per heavy atom. The van der Waals surface area contributed by atoms with E-state index in [9.17, 15) is 0 Å². The van der Waals surface area contributed by atoms with Gasteiger partial charge >= 0.3 is 0 Å². The van der Waals surface area contributed by atoms with E-state index in [0.29, 0.717) is 6.54 Å². The lowest BCUT2D eigenvalue weighted by Gasteiger charge is -2.34. The highest BCUT2D eigenvalue weighted by molar-refractivity contribution is 5.48. The number of nitrogens with two attached hydrogens (primary N) is 1. The molecule has 1 aromatic rings. The third kappa shape index (κ3) is 3.58. The summed E-state index contributed by atoms with van der Waals surface area (Å²) >= 11 is 0. The van der Waals surface area contributed by atoms with Crippen LogP contribution in [0.15, 0.2) is 12.1 Å². The summed E-state index contributed by atoms with van der Waals surface area (Å²) in [7, 11) is 4.27. The molecule has 1 aliphatic rings. The van der Waals surface area contributed by atoms with Gasteiger partial charge in [-0.15, -0.1) is 0 Å². The second-order valence-corrected chi connectivity index (χ2v) is 6.80. The molecule has 0 radical (unpaired) electrons. The number of fused-ring (bicyclic) bond motifs is 1. The molecule has 0 saturated carbocycles. The highest BCUT2D eigenvalue weighted by Gasteiger charge is 2.36. The predicted molar refractivity (Wildman–Crippen MR) is 89.2 cm³/mol. The van der Waals surface area contributed by atoms with Crippen molar-refractivity contribution < 1.29 is 4.74 Å². The van der Waals surface area contributed by atoms with Gasteiger partial charge in [0.25, 0.3) is 0 Å². The normalized spacial score (nSPS) is 21.8. The molecule has 0 aromatic heterocycles. The number of rotatable bonds is 5. The van der Waals surface area contributed by atoms with E-state index >= 15 is 0 Å². The van der Waals surface area contributed by atoms with E-state index in [0.717, 1.165) is 38.2 Å². The molecule has 21 heavy (non-hydrogen) atoms. The van der Waals surface area contributed by atoms with Gasteiger partial charge < -0.3 is 15.4 Å². The van der Waals surface area contributed by atoms with Crippen molar-refractivity contribution in [2.24, 2.45) is 5.73 Å². The monoisotopic (exact) mass is 290 g/mol. The Hall–Kier alpha value is -1.06. The fourth-order valence-corrected chi connectivity index (χ4v) is 3.73. The first-order valence-corrected chi connectivity index (χ1v) is 8.08. The summed E-state index contributed by atoms with van der Waals surface area (Å²) in [6, 6.07) is 4.45. The Balaban J connectivity index is 2.37. The molecule has 3 heteroatoms. The van der Waals surface area contributed by atoms with Crippen molar-refractivity contribution in [1.29, 1.82) is 0 Å². The molecule has 118 valence electrons. The molecular weight excluding hydrogens is 260 g/mol. The summed E-state index contributed by atoms with van der Waals surface area (Å²) in [5.74, 6) is 1.07. The van der Waals surface area contributed by atoms with Crippen LogP contribution >= 0.6 is 0 Å². The minimum Gasteiger partial charge on any atom is -0.493 e. The summed E-state index contributed by atoms with van der Waals surface area (Å²) in [4.78, 5) is 2.25. The number of ether oxygens (including phenoxy) is 1. The van der Waals surface area contributed by atoms with Crippen molar-refractivity contribution in [3.05, 3.63) is 28.8 Å². The lowest BCUT2D eigenvalue weighted by molar-refractivity contribution is 0.300. The van der Waals surface area contributed by atoms with Gasteiger partial charge in [0, 0.05) is 17.5 Å². The van der Waals surface area contributed by atoms with Gasteiger partial charge in [-0.05, 0) is 77.4 Å². The van der Waals surface area contributed by atoms with Crippen LogP contribution in [0.4, 0.5) is 0 Å².